The number of nitrogens with zero attached hydrogens (tertiary/aromatic N) is 3. The number of nitrogens with one attached hydrogen (secondary N) is 2. The fraction of sp³-hybridized carbons (Fsp3) is 0.100. The molecular formula is C20H16FN5O. The summed E-state index contributed by atoms with van der Waals surface area (Å²) >= 11 is 0. The number of halogens is 1. The van der Waals surface area contributed by atoms with Gasteiger partial charge in [0.25, 0.3) is 5.91 Å². The molecule has 0 atom stereocenters. The van der Waals surface area contributed by atoms with Crippen molar-refractivity contribution in [1.82, 2.24) is 9.97 Å². The molecule has 134 valence electrons. The normalized spacial score (nSPS) is 10.1. The molecule has 3 rings (SSSR count). The summed E-state index contributed by atoms with van der Waals surface area (Å²) in [5, 5.41) is 14.7. The summed E-state index contributed by atoms with van der Waals surface area (Å²) in [5.74, 6) is 0.273. The van der Waals surface area contributed by atoms with Gasteiger partial charge in [-0.25, -0.2) is 14.4 Å². The Hall–Kier alpha value is -3.79. The number of benzene rings is 2. The number of nitriles is 1. The van der Waals surface area contributed by atoms with E-state index < -0.39 is 0 Å². The highest BCUT2D eigenvalue weighted by Crippen LogP contribution is 2.13. The highest BCUT2D eigenvalue weighted by molar-refractivity contribution is 6.03. The summed E-state index contributed by atoms with van der Waals surface area (Å²) in [6, 6.07) is 16.2. The maximum atomic E-state index is 13.0. The molecule has 27 heavy (non-hydrogen) atoms. The Kier molecular flexibility index (Phi) is 5.38. The number of aryl methyl sites for hydroxylation is 1. The molecule has 0 bridgehead atoms. The van der Waals surface area contributed by atoms with Gasteiger partial charge in [0.1, 0.15) is 23.2 Å². The van der Waals surface area contributed by atoms with E-state index in [1.54, 1.807) is 49.4 Å². The van der Waals surface area contributed by atoms with Gasteiger partial charge in [-0.1, -0.05) is 12.1 Å². The third-order valence-corrected chi connectivity index (χ3v) is 3.73. The van der Waals surface area contributed by atoms with Crippen molar-refractivity contribution >= 4 is 17.4 Å². The minimum atomic E-state index is -0.380. The first-order valence-corrected chi connectivity index (χ1v) is 8.19. The van der Waals surface area contributed by atoms with E-state index in [1.807, 2.05) is 6.07 Å². The van der Waals surface area contributed by atoms with E-state index in [0.717, 1.165) is 5.56 Å². The summed E-state index contributed by atoms with van der Waals surface area (Å²) in [5.41, 5.74) is 2.18. The molecule has 0 aliphatic carbocycles. The van der Waals surface area contributed by atoms with Crippen LogP contribution in [0.15, 0.2) is 54.6 Å². The second kappa shape index (κ2) is 8.06. The Morgan fingerprint density at radius 3 is 2.48 bits per heavy atom. The molecule has 6 nitrogen and oxygen atoms in total. The largest absolute Gasteiger partial charge is 0.366 e. The smallest absolute Gasteiger partial charge is 0.274 e. The monoisotopic (exact) mass is 361 g/mol. The SMILES string of the molecule is Cc1nc(NCc2ccc(F)cc2)cc(C(=O)Nc2ccc(C#N)cc2)n1. The van der Waals surface area contributed by atoms with E-state index >= 15 is 0 Å². The number of aromatic nitrogens is 2. The van der Waals surface area contributed by atoms with Crippen molar-refractivity contribution in [2.45, 2.75) is 13.5 Å². The molecule has 0 fully saturated rings. The minimum Gasteiger partial charge on any atom is -0.366 e. The number of hydrogen-bond acceptors (Lipinski definition) is 5. The van der Waals surface area contributed by atoms with Crippen molar-refractivity contribution in [1.29, 1.82) is 5.26 Å². The molecule has 1 amide bonds. The maximum Gasteiger partial charge on any atom is 0.274 e. The lowest BCUT2D eigenvalue weighted by atomic mass is 10.2. The van der Waals surface area contributed by atoms with Crippen LogP contribution in [0, 0.1) is 24.1 Å². The molecule has 0 saturated heterocycles. The fourth-order valence-corrected chi connectivity index (χ4v) is 2.39. The first kappa shape index (κ1) is 18.0. The van der Waals surface area contributed by atoms with E-state index in [-0.39, 0.29) is 17.4 Å². The van der Waals surface area contributed by atoms with Gasteiger partial charge in [0.15, 0.2) is 0 Å². The Bertz CT molecular complexity index is 994. The van der Waals surface area contributed by atoms with Crippen LogP contribution >= 0.6 is 0 Å². The lowest BCUT2D eigenvalue weighted by Gasteiger charge is -2.09. The molecule has 0 saturated carbocycles. The van der Waals surface area contributed by atoms with Crippen LogP contribution in [-0.2, 0) is 6.54 Å². The number of hydrogen-bond donors (Lipinski definition) is 2. The van der Waals surface area contributed by atoms with Crippen molar-refractivity contribution < 1.29 is 9.18 Å². The van der Waals surface area contributed by atoms with Crippen molar-refractivity contribution in [3.05, 3.63) is 83.1 Å². The highest BCUT2D eigenvalue weighted by atomic mass is 19.1. The Morgan fingerprint density at radius 1 is 1.11 bits per heavy atom. The van der Waals surface area contributed by atoms with Crippen LogP contribution in [0.4, 0.5) is 15.9 Å². The predicted octanol–water partition coefficient (Wildman–Crippen LogP) is 3.66. The number of amides is 1. The number of rotatable bonds is 5. The van der Waals surface area contributed by atoms with Crippen LogP contribution in [0.5, 0.6) is 0 Å². The van der Waals surface area contributed by atoms with Crippen LogP contribution in [0.1, 0.15) is 27.4 Å². The van der Waals surface area contributed by atoms with Crippen LogP contribution < -0.4 is 10.6 Å². The summed E-state index contributed by atoms with van der Waals surface area (Å²) < 4.78 is 13.0. The van der Waals surface area contributed by atoms with Crippen molar-refractivity contribution in [3.63, 3.8) is 0 Å². The quantitative estimate of drug-likeness (QED) is 0.724. The zero-order valence-corrected chi connectivity index (χ0v) is 14.5. The molecule has 0 aliphatic rings. The number of carbonyl (C=O) groups excluding carboxylic acids is 1. The molecule has 2 aromatic carbocycles. The van der Waals surface area contributed by atoms with Crippen LogP contribution in [-0.4, -0.2) is 15.9 Å². The number of carbonyl (C=O) groups is 1. The van der Waals surface area contributed by atoms with Gasteiger partial charge in [0.2, 0.25) is 0 Å². The second-order valence-corrected chi connectivity index (χ2v) is 5.81. The Balaban J connectivity index is 1.70. The first-order chi connectivity index (χ1) is 13.0. The van der Waals surface area contributed by atoms with Gasteiger partial charge in [-0.15, -0.1) is 0 Å². The van der Waals surface area contributed by atoms with E-state index in [1.165, 1.54) is 12.1 Å². The number of anilines is 2. The molecule has 1 heterocycles. The molecule has 2 N–H and O–H groups in total. The van der Waals surface area contributed by atoms with Crippen molar-refractivity contribution in [2.75, 3.05) is 10.6 Å². The van der Waals surface area contributed by atoms with Crippen LogP contribution in [0.3, 0.4) is 0 Å². The van der Waals surface area contributed by atoms with Gasteiger partial charge in [0.05, 0.1) is 11.6 Å². The average Bonchev–Trinajstić information content (AvgIpc) is 2.68. The predicted molar refractivity (Wildman–Crippen MR) is 99.6 cm³/mol. The van der Waals surface area contributed by atoms with Gasteiger partial charge in [-0.05, 0) is 48.9 Å². The molecule has 7 heteroatoms. The summed E-state index contributed by atoms with van der Waals surface area (Å²) in [7, 11) is 0. The van der Waals surface area contributed by atoms with Gasteiger partial charge < -0.3 is 10.6 Å². The van der Waals surface area contributed by atoms with Gasteiger partial charge in [-0.2, -0.15) is 5.26 Å². The van der Waals surface area contributed by atoms with E-state index in [2.05, 4.69) is 20.6 Å². The lowest BCUT2D eigenvalue weighted by molar-refractivity contribution is 0.102. The van der Waals surface area contributed by atoms with E-state index in [4.69, 9.17) is 5.26 Å². The lowest BCUT2D eigenvalue weighted by Crippen LogP contribution is -2.15. The Labute approximate surface area is 155 Å². The molecule has 0 radical (unpaired) electrons. The summed E-state index contributed by atoms with van der Waals surface area (Å²) in [6.45, 7) is 2.13. The summed E-state index contributed by atoms with van der Waals surface area (Å²) in [6.07, 6.45) is 0. The standard InChI is InChI=1S/C20H16FN5O/c1-13-24-18(20(27)26-17-8-4-14(11-22)5-9-17)10-19(25-13)23-12-15-2-6-16(21)7-3-15/h2-10H,12H2,1H3,(H,26,27)(H,23,24,25). The molecule has 0 aliphatic heterocycles. The van der Waals surface area contributed by atoms with Crippen LogP contribution in [0.25, 0.3) is 0 Å². The fourth-order valence-electron chi connectivity index (χ4n) is 2.39. The molecule has 0 spiro atoms. The first-order valence-electron chi connectivity index (χ1n) is 8.19. The molecule has 0 unspecified atom stereocenters. The van der Waals surface area contributed by atoms with Gasteiger partial charge in [-0.3, -0.25) is 4.79 Å². The molecular weight excluding hydrogens is 345 g/mol. The third-order valence-electron chi connectivity index (χ3n) is 3.73. The Morgan fingerprint density at radius 2 is 1.81 bits per heavy atom. The van der Waals surface area contributed by atoms with E-state index in [0.29, 0.717) is 29.4 Å². The zero-order valence-electron chi connectivity index (χ0n) is 14.5. The van der Waals surface area contributed by atoms with Crippen molar-refractivity contribution in [2.24, 2.45) is 0 Å². The second-order valence-electron chi connectivity index (χ2n) is 5.81. The minimum absolute atomic E-state index is 0.216. The van der Waals surface area contributed by atoms with Crippen molar-refractivity contribution in [3.8, 4) is 6.07 Å². The topological polar surface area (TPSA) is 90.7 Å². The van der Waals surface area contributed by atoms with E-state index in [9.17, 15) is 9.18 Å². The van der Waals surface area contributed by atoms with Gasteiger partial charge in [0, 0.05) is 18.3 Å². The zero-order chi connectivity index (χ0) is 19.2. The maximum absolute atomic E-state index is 13.0. The molecule has 1 aromatic heterocycles. The van der Waals surface area contributed by atoms with Crippen LogP contribution in [0.2, 0.25) is 0 Å². The molecule has 3 aromatic rings. The third kappa shape index (κ3) is 4.86. The highest BCUT2D eigenvalue weighted by Gasteiger charge is 2.11. The average molecular weight is 361 g/mol. The van der Waals surface area contributed by atoms with Gasteiger partial charge >= 0.3 is 0 Å². The summed E-state index contributed by atoms with van der Waals surface area (Å²) in [4.78, 5) is 20.9.